The van der Waals surface area contributed by atoms with Gasteiger partial charge < -0.3 is 14.8 Å². The summed E-state index contributed by atoms with van der Waals surface area (Å²) < 4.78 is 10.6. The van der Waals surface area contributed by atoms with Crippen LogP contribution in [-0.2, 0) is 0 Å². The second-order valence-electron chi connectivity index (χ2n) is 5.41. The van der Waals surface area contributed by atoms with E-state index in [4.69, 9.17) is 33.3 Å². The topological polar surface area (TPSA) is 54.9 Å². The Morgan fingerprint density at radius 3 is 2.91 bits per heavy atom. The number of hydrazone groups is 1. The van der Waals surface area contributed by atoms with E-state index >= 15 is 0 Å². The molecule has 1 aromatic carbocycles. The van der Waals surface area contributed by atoms with E-state index in [1.54, 1.807) is 12.3 Å². The Labute approximate surface area is 140 Å². The summed E-state index contributed by atoms with van der Waals surface area (Å²) in [6, 6.07) is 4.07. The van der Waals surface area contributed by atoms with Crippen LogP contribution in [0.4, 0.5) is 0 Å². The number of halogens is 1. The van der Waals surface area contributed by atoms with Crippen LogP contribution in [0.1, 0.15) is 37.7 Å². The smallest absolute Gasteiger partial charge is 0.231 e. The third-order valence-electron chi connectivity index (χ3n) is 3.77. The summed E-state index contributed by atoms with van der Waals surface area (Å²) >= 11 is 11.4. The summed E-state index contributed by atoms with van der Waals surface area (Å²) in [5, 5.41) is 8.50. The third kappa shape index (κ3) is 3.81. The first kappa shape index (κ1) is 15.4. The number of thiocarbonyl (C=S) groups is 1. The molecule has 1 aromatic rings. The molecule has 0 aromatic heterocycles. The van der Waals surface area contributed by atoms with Crippen LogP contribution < -0.4 is 20.2 Å². The van der Waals surface area contributed by atoms with Crippen LogP contribution in [0.25, 0.3) is 0 Å². The number of hydrogen-bond donors (Lipinski definition) is 2. The average molecular weight is 340 g/mol. The lowest BCUT2D eigenvalue weighted by atomic mass is 9.96. The van der Waals surface area contributed by atoms with E-state index in [0.29, 0.717) is 27.7 Å². The van der Waals surface area contributed by atoms with Crippen LogP contribution in [0.5, 0.6) is 11.5 Å². The van der Waals surface area contributed by atoms with Crippen LogP contribution >= 0.6 is 23.8 Å². The third-order valence-corrected chi connectivity index (χ3v) is 4.26. The van der Waals surface area contributed by atoms with E-state index in [-0.39, 0.29) is 6.79 Å². The maximum atomic E-state index is 6.12. The van der Waals surface area contributed by atoms with Gasteiger partial charge in [-0.2, -0.15) is 5.10 Å². The molecule has 0 spiro atoms. The number of hydrogen-bond acceptors (Lipinski definition) is 4. The van der Waals surface area contributed by atoms with Gasteiger partial charge in [-0.15, -0.1) is 0 Å². The number of ether oxygens (including phenoxy) is 2. The molecule has 1 heterocycles. The largest absolute Gasteiger partial charge is 0.454 e. The summed E-state index contributed by atoms with van der Waals surface area (Å²) in [5.74, 6) is 1.22. The maximum absolute atomic E-state index is 6.12. The highest BCUT2D eigenvalue weighted by Gasteiger charge is 2.17. The fourth-order valence-electron chi connectivity index (χ4n) is 2.69. The van der Waals surface area contributed by atoms with Crippen molar-refractivity contribution in [2.24, 2.45) is 5.10 Å². The van der Waals surface area contributed by atoms with Crippen LogP contribution in [0, 0.1) is 0 Å². The number of nitrogens with zero attached hydrogens (tertiary/aromatic N) is 1. The van der Waals surface area contributed by atoms with Crippen molar-refractivity contribution < 1.29 is 9.47 Å². The van der Waals surface area contributed by atoms with Gasteiger partial charge in [-0.05, 0) is 42.8 Å². The molecule has 1 fully saturated rings. The molecule has 5 nitrogen and oxygen atoms in total. The van der Waals surface area contributed by atoms with Gasteiger partial charge in [0.15, 0.2) is 16.6 Å². The lowest BCUT2D eigenvalue weighted by Crippen LogP contribution is -2.40. The van der Waals surface area contributed by atoms with Gasteiger partial charge in [0, 0.05) is 6.04 Å². The molecule has 3 rings (SSSR count). The summed E-state index contributed by atoms with van der Waals surface area (Å²) in [6.07, 6.45) is 7.84. The lowest BCUT2D eigenvalue weighted by Gasteiger charge is -2.23. The summed E-state index contributed by atoms with van der Waals surface area (Å²) in [6.45, 7) is 0.198. The minimum absolute atomic E-state index is 0.198. The number of fused-ring (bicyclic) bond motifs is 1. The van der Waals surface area contributed by atoms with E-state index in [2.05, 4.69) is 15.8 Å². The fourth-order valence-corrected chi connectivity index (χ4v) is 3.18. The molecule has 7 heteroatoms. The van der Waals surface area contributed by atoms with E-state index in [0.717, 1.165) is 5.56 Å². The van der Waals surface area contributed by atoms with Crippen molar-refractivity contribution in [2.45, 2.75) is 38.1 Å². The first-order valence-corrected chi connectivity index (χ1v) is 8.20. The van der Waals surface area contributed by atoms with Crippen molar-refractivity contribution in [1.29, 1.82) is 0 Å². The molecule has 2 aliphatic rings. The SMILES string of the molecule is S=C(N/N=C\c1cc(Cl)c2c(c1)OCO2)NC1CCCCC1. The zero-order valence-corrected chi connectivity index (χ0v) is 13.7. The lowest BCUT2D eigenvalue weighted by molar-refractivity contribution is 0.174. The van der Waals surface area contributed by atoms with Gasteiger partial charge in [0.25, 0.3) is 0 Å². The molecule has 1 saturated carbocycles. The van der Waals surface area contributed by atoms with Gasteiger partial charge >= 0.3 is 0 Å². The Kier molecular flexibility index (Phi) is 5.00. The first-order chi connectivity index (χ1) is 10.7. The highest BCUT2D eigenvalue weighted by molar-refractivity contribution is 7.80. The molecule has 0 saturated heterocycles. The molecule has 1 aliphatic heterocycles. The van der Waals surface area contributed by atoms with Gasteiger partial charge in [-0.1, -0.05) is 30.9 Å². The molecule has 0 bridgehead atoms. The Morgan fingerprint density at radius 2 is 2.09 bits per heavy atom. The van der Waals surface area contributed by atoms with Crippen molar-refractivity contribution >= 4 is 35.1 Å². The highest BCUT2D eigenvalue weighted by Crippen LogP contribution is 2.39. The molecule has 0 unspecified atom stereocenters. The Bertz CT molecular complexity index is 588. The zero-order chi connectivity index (χ0) is 15.4. The van der Waals surface area contributed by atoms with Crippen LogP contribution in [0.15, 0.2) is 17.2 Å². The highest BCUT2D eigenvalue weighted by atomic mass is 35.5. The van der Waals surface area contributed by atoms with Gasteiger partial charge in [0.2, 0.25) is 6.79 Å². The molecule has 2 N–H and O–H groups in total. The number of nitrogens with one attached hydrogen (secondary N) is 2. The minimum atomic E-state index is 0.198. The van der Waals surface area contributed by atoms with Gasteiger partial charge in [0.05, 0.1) is 11.2 Å². The summed E-state index contributed by atoms with van der Waals surface area (Å²) in [5.41, 5.74) is 3.66. The second-order valence-corrected chi connectivity index (χ2v) is 6.23. The van der Waals surface area contributed by atoms with Crippen LogP contribution in [0.2, 0.25) is 5.02 Å². The van der Waals surface area contributed by atoms with Crippen LogP contribution in [0.3, 0.4) is 0 Å². The predicted molar refractivity (Wildman–Crippen MR) is 90.9 cm³/mol. The summed E-state index contributed by atoms with van der Waals surface area (Å²) in [4.78, 5) is 0. The molecule has 0 radical (unpaired) electrons. The van der Waals surface area contributed by atoms with Crippen molar-refractivity contribution in [1.82, 2.24) is 10.7 Å². The quantitative estimate of drug-likeness (QED) is 0.503. The van der Waals surface area contributed by atoms with Crippen molar-refractivity contribution in [2.75, 3.05) is 6.79 Å². The molecule has 0 amide bonds. The molecule has 118 valence electrons. The molecule has 1 aliphatic carbocycles. The number of rotatable bonds is 3. The number of benzene rings is 1. The van der Waals surface area contributed by atoms with Crippen LogP contribution in [-0.4, -0.2) is 24.2 Å². The second kappa shape index (κ2) is 7.15. The van der Waals surface area contributed by atoms with Gasteiger partial charge in [-0.25, -0.2) is 0 Å². The summed E-state index contributed by atoms with van der Waals surface area (Å²) in [7, 11) is 0. The Morgan fingerprint density at radius 1 is 1.27 bits per heavy atom. The molecule has 22 heavy (non-hydrogen) atoms. The predicted octanol–water partition coefficient (Wildman–Crippen LogP) is 3.20. The van der Waals surface area contributed by atoms with Gasteiger partial charge in [-0.3, -0.25) is 5.43 Å². The monoisotopic (exact) mass is 339 g/mol. The Hall–Kier alpha value is -1.53. The standard InChI is InChI=1S/C15H18ClN3O2S/c16-12-6-10(7-13-14(12)21-9-20-13)8-17-19-15(22)18-11-4-2-1-3-5-11/h6-8,11H,1-5,9H2,(H2,18,19,22)/b17-8-. The minimum Gasteiger partial charge on any atom is -0.454 e. The molecular formula is C15H18ClN3O2S. The first-order valence-electron chi connectivity index (χ1n) is 7.41. The maximum Gasteiger partial charge on any atom is 0.231 e. The Balaban J connectivity index is 1.53. The van der Waals surface area contributed by atoms with E-state index in [9.17, 15) is 0 Å². The normalized spacial score (nSPS) is 17.7. The van der Waals surface area contributed by atoms with Crippen molar-refractivity contribution in [3.8, 4) is 11.5 Å². The zero-order valence-electron chi connectivity index (χ0n) is 12.1. The molecule has 0 atom stereocenters. The van der Waals surface area contributed by atoms with Crippen molar-refractivity contribution in [3.05, 3.63) is 22.7 Å². The van der Waals surface area contributed by atoms with Crippen molar-refractivity contribution in [3.63, 3.8) is 0 Å². The van der Waals surface area contributed by atoms with E-state index < -0.39 is 0 Å². The van der Waals surface area contributed by atoms with E-state index in [1.807, 2.05) is 6.07 Å². The van der Waals surface area contributed by atoms with Gasteiger partial charge in [0.1, 0.15) is 0 Å². The van der Waals surface area contributed by atoms with E-state index in [1.165, 1.54) is 32.1 Å². The fraction of sp³-hybridized carbons (Fsp3) is 0.467. The average Bonchev–Trinajstić information content (AvgIpc) is 2.97. The molecular weight excluding hydrogens is 322 g/mol.